The lowest BCUT2D eigenvalue weighted by atomic mass is 10.2. The van der Waals surface area contributed by atoms with E-state index in [0.29, 0.717) is 6.54 Å². The predicted octanol–water partition coefficient (Wildman–Crippen LogP) is 0.390. The number of H-pyrrole nitrogens is 1. The normalized spacial score (nSPS) is 10.9. The Balaban J connectivity index is 1.89. The van der Waals surface area contributed by atoms with Crippen molar-refractivity contribution in [3.05, 3.63) is 29.6 Å². The minimum absolute atomic E-state index is 0.693. The molecular formula is C10H16N6. The third-order valence-corrected chi connectivity index (χ3v) is 2.40. The fourth-order valence-corrected chi connectivity index (χ4v) is 1.66. The fraction of sp³-hybridized carbons (Fsp3) is 0.500. The molecule has 0 aliphatic rings. The predicted molar refractivity (Wildman–Crippen MR) is 59.5 cm³/mol. The quantitative estimate of drug-likeness (QED) is 0.764. The van der Waals surface area contributed by atoms with Crippen LogP contribution in [0.4, 0.5) is 0 Å². The van der Waals surface area contributed by atoms with E-state index in [1.165, 1.54) is 11.9 Å². The lowest BCUT2D eigenvalue weighted by Gasteiger charge is -2.01. The van der Waals surface area contributed by atoms with Crippen LogP contribution in [0, 0.1) is 0 Å². The second-order valence-electron chi connectivity index (χ2n) is 3.66. The first-order chi connectivity index (χ1) is 7.79. The zero-order chi connectivity index (χ0) is 11.4. The Morgan fingerprint density at radius 3 is 3.00 bits per heavy atom. The van der Waals surface area contributed by atoms with Gasteiger partial charge in [-0.15, -0.1) is 0 Å². The number of aromatic nitrogens is 5. The van der Waals surface area contributed by atoms with Gasteiger partial charge in [0.1, 0.15) is 12.2 Å². The maximum absolute atomic E-state index is 4.39. The van der Waals surface area contributed by atoms with Gasteiger partial charge in [0.15, 0.2) is 0 Å². The van der Waals surface area contributed by atoms with Crippen LogP contribution in [0.3, 0.4) is 0 Å². The molecule has 2 heterocycles. The average molecular weight is 220 g/mol. The van der Waals surface area contributed by atoms with Gasteiger partial charge in [-0.25, -0.2) is 4.98 Å². The molecular weight excluding hydrogens is 204 g/mol. The van der Waals surface area contributed by atoms with Crippen molar-refractivity contribution >= 4 is 0 Å². The van der Waals surface area contributed by atoms with Crippen molar-refractivity contribution < 1.29 is 0 Å². The Labute approximate surface area is 94.1 Å². The number of aryl methyl sites for hydroxylation is 2. The molecule has 0 aromatic carbocycles. The molecule has 0 amide bonds. The number of nitrogens with zero attached hydrogens (tertiary/aromatic N) is 4. The van der Waals surface area contributed by atoms with Gasteiger partial charge < -0.3 is 5.32 Å². The van der Waals surface area contributed by atoms with Crippen molar-refractivity contribution in [2.75, 3.05) is 0 Å². The first kappa shape index (κ1) is 10.8. The highest BCUT2D eigenvalue weighted by atomic mass is 15.3. The van der Waals surface area contributed by atoms with Gasteiger partial charge in [-0.05, 0) is 6.42 Å². The molecule has 0 saturated carbocycles. The highest BCUT2D eigenvalue weighted by Crippen LogP contribution is 2.06. The molecule has 0 radical (unpaired) electrons. The van der Waals surface area contributed by atoms with E-state index >= 15 is 0 Å². The Hall–Kier alpha value is -1.69. The maximum Gasteiger partial charge on any atom is 0.138 e. The molecule has 0 atom stereocenters. The summed E-state index contributed by atoms with van der Waals surface area (Å²) in [5.74, 6) is 0.849. The molecule has 2 rings (SSSR count). The van der Waals surface area contributed by atoms with E-state index in [1.807, 2.05) is 17.9 Å². The first-order valence-electron chi connectivity index (χ1n) is 5.36. The van der Waals surface area contributed by atoms with E-state index in [9.17, 15) is 0 Å². The number of nitrogens with one attached hydrogen (secondary N) is 2. The molecule has 86 valence electrons. The Bertz CT molecular complexity index is 430. The maximum atomic E-state index is 4.39. The Morgan fingerprint density at radius 1 is 1.44 bits per heavy atom. The number of hydrogen-bond acceptors (Lipinski definition) is 4. The van der Waals surface area contributed by atoms with Crippen LogP contribution >= 0.6 is 0 Å². The lowest BCUT2D eigenvalue weighted by Crippen LogP contribution is -2.14. The van der Waals surface area contributed by atoms with Crippen molar-refractivity contribution in [2.45, 2.75) is 26.4 Å². The smallest absolute Gasteiger partial charge is 0.138 e. The van der Waals surface area contributed by atoms with Crippen LogP contribution in [0.15, 0.2) is 12.5 Å². The summed E-state index contributed by atoms with van der Waals surface area (Å²) >= 11 is 0. The van der Waals surface area contributed by atoms with Crippen LogP contribution in [0.1, 0.15) is 24.0 Å². The minimum atomic E-state index is 0.693. The first-order valence-corrected chi connectivity index (χ1v) is 5.36. The average Bonchev–Trinajstić information content (AvgIpc) is 2.88. The van der Waals surface area contributed by atoms with Crippen LogP contribution in [-0.4, -0.2) is 25.0 Å². The van der Waals surface area contributed by atoms with Crippen molar-refractivity contribution in [1.82, 2.24) is 30.3 Å². The SMILES string of the molecule is CCc1nn(C)cc1CNCc1ncn[nH]1. The molecule has 2 aromatic rings. The summed E-state index contributed by atoms with van der Waals surface area (Å²) < 4.78 is 1.85. The van der Waals surface area contributed by atoms with E-state index in [1.54, 1.807) is 0 Å². The molecule has 0 saturated heterocycles. The van der Waals surface area contributed by atoms with Crippen LogP contribution in [-0.2, 0) is 26.6 Å². The third-order valence-electron chi connectivity index (χ3n) is 2.40. The summed E-state index contributed by atoms with van der Waals surface area (Å²) in [5, 5.41) is 14.3. The zero-order valence-corrected chi connectivity index (χ0v) is 9.56. The molecule has 16 heavy (non-hydrogen) atoms. The molecule has 0 aliphatic heterocycles. The van der Waals surface area contributed by atoms with Crippen molar-refractivity contribution in [3.8, 4) is 0 Å². The molecule has 0 bridgehead atoms. The van der Waals surface area contributed by atoms with E-state index in [-0.39, 0.29) is 0 Å². The summed E-state index contributed by atoms with van der Waals surface area (Å²) in [7, 11) is 1.94. The minimum Gasteiger partial charge on any atom is -0.306 e. The van der Waals surface area contributed by atoms with Crippen LogP contribution in [0.5, 0.6) is 0 Å². The van der Waals surface area contributed by atoms with Gasteiger partial charge in [0.05, 0.1) is 12.2 Å². The number of aromatic amines is 1. The number of hydrogen-bond donors (Lipinski definition) is 2. The number of rotatable bonds is 5. The lowest BCUT2D eigenvalue weighted by molar-refractivity contribution is 0.661. The second kappa shape index (κ2) is 4.89. The largest absolute Gasteiger partial charge is 0.306 e. The summed E-state index contributed by atoms with van der Waals surface area (Å²) in [4.78, 5) is 4.05. The summed E-state index contributed by atoms with van der Waals surface area (Å²) in [6.07, 6.45) is 4.52. The molecule has 6 heteroatoms. The molecule has 0 aliphatic carbocycles. The molecule has 0 spiro atoms. The highest BCUT2D eigenvalue weighted by molar-refractivity contribution is 5.16. The van der Waals surface area contributed by atoms with Crippen LogP contribution < -0.4 is 5.32 Å². The Morgan fingerprint density at radius 2 is 2.31 bits per heavy atom. The molecule has 2 N–H and O–H groups in total. The molecule has 6 nitrogen and oxygen atoms in total. The van der Waals surface area contributed by atoms with Gasteiger partial charge in [0.25, 0.3) is 0 Å². The molecule has 0 fully saturated rings. The van der Waals surface area contributed by atoms with Crippen LogP contribution in [0.25, 0.3) is 0 Å². The van der Waals surface area contributed by atoms with Gasteiger partial charge in [-0.1, -0.05) is 6.92 Å². The topological polar surface area (TPSA) is 71.4 Å². The highest BCUT2D eigenvalue weighted by Gasteiger charge is 2.05. The van der Waals surface area contributed by atoms with Crippen molar-refractivity contribution in [2.24, 2.45) is 7.05 Å². The van der Waals surface area contributed by atoms with Crippen LogP contribution in [0.2, 0.25) is 0 Å². The second-order valence-corrected chi connectivity index (χ2v) is 3.66. The summed E-state index contributed by atoms with van der Waals surface area (Å²) in [6.45, 7) is 3.61. The van der Waals surface area contributed by atoms with E-state index in [4.69, 9.17) is 0 Å². The van der Waals surface area contributed by atoms with E-state index in [0.717, 1.165) is 24.5 Å². The van der Waals surface area contributed by atoms with Gasteiger partial charge in [-0.2, -0.15) is 10.2 Å². The zero-order valence-electron chi connectivity index (χ0n) is 9.56. The molecule has 2 aromatic heterocycles. The monoisotopic (exact) mass is 220 g/mol. The summed E-state index contributed by atoms with van der Waals surface area (Å²) in [6, 6.07) is 0. The van der Waals surface area contributed by atoms with E-state index in [2.05, 4.69) is 32.5 Å². The van der Waals surface area contributed by atoms with Gasteiger partial charge >= 0.3 is 0 Å². The third kappa shape index (κ3) is 2.46. The van der Waals surface area contributed by atoms with E-state index < -0.39 is 0 Å². The standard InChI is InChI=1S/C10H16N6/c1-3-9-8(6-16(2)15-9)4-11-5-10-12-7-13-14-10/h6-7,11H,3-5H2,1-2H3,(H,12,13,14). The van der Waals surface area contributed by atoms with Gasteiger partial charge in [-0.3, -0.25) is 9.78 Å². The fourth-order valence-electron chi connectivity index (χ4n) is 1.66. The van der Waals surface area contributed by atoms with Crippen molar-refractivity contribution in [3.63, 3.8) is 0 Å². The Kier molecular flexibility index (Phi) is 3.31. The van der Waals surface area contributed by atoms with Gasteiger partial charge in [0.2, 0.25) is 0 Å². The summed E-state index contributed by atoms with van der Waals surface area (Å²) in [5.41, 5.74) is 2.39. The van der Waals surface area contributed by atoms with Crippen molar-refractivity contribution in [1.29, 1.82) is 0 Å². The van der Waals surface area contributed by atoms with Gasteiger partial charge in [0, 0.05) is 25.4 Å². The molecule has 0 unspecified atom stereocenters.